The van der Waals surface area contributed by atoms with Gasteiger partial charge in [0.15, 0.2) is 0 Å². The minimum atomic E-state index is -0.578. The second kappa shape index (κ2) is 5.90. The third-order valence-electron chi connectivity index (χ3n) is 2.02. The predicted octanol–water partition coefficient (Wildman–Crippen LogP) is 2.87. The van der Waals surface area contributed by atoms with Gasteiger partial charge >= 0.3 is 0 Å². The third kappa shape index (κ3) is 2.91. The Morgan fingerprint density at radius 1 is 1.35 bits per heavy atom. The van der Waals surface area contributed by atoms with Gasteiger partial charge in [-0.25, -0.2) is 0 Å². The third-order valence-corrected chi connectivity index (χ3v) is 2.89. The molecule has 0 N–H and O–H groups in total. The first-order valence-electron chi connectivity index (χ1n) is 5.45. The quantitative estimate of drug-likeness (QED) is 0.742. The molecule has 0 radical (unpaired) electrons. The molecule has 6 heteroatoms. The lowest BCUT2D eigenvalue weighted by Gasteiger charge is -2.11. The standard InChI is InChI=1S/C11H14N2O3S/c1-3-14-11(15-4-2)10-12-9(13-16-10)8-6-5-7-17-8/h5-7,11H,3-4H2,1-2H3. The maximum absolute atomic E-state index is 5.38. The van der Waals surface area contributed by atoms with Crippen molar-refractivity contribution in [2.45, 2.75) is 20.1 Å². The summed E-state index contributed by atoms with van der Waals surface area (Å²) in [7, 11) is 0. The highest BCUT2D eigenvalue weighted by atomic mass is 32.1. The molecule has 0 amide bonds. The van der Waals surface area contributed by atoms with Gasteiger partial charge in [-0.3, -0.25) is 0 Å². The van der Waals surface area contributed by atoms with Crippen LogP contribution in [0.2, 0.25) is 0 Å². The van der Waals surface area contributed by atoms with Crippen molar-refractivity contribution in [1.29, 1.82) is 0 Å². The van der Waals surface area contributed by atoms with E-state index in [1.165, 1.54) is 0 Å². The van der Waals surface area contributed by atoms with Crippen molar-refractivity contribution in [2.75, 3.05) is 13.2 Å². The predicted molar refractivity (Wildman–Crippen MR) is 63.6 cm³/mol. The van der Waals surface area contributed by atoms with Crippen molar-refractivity contribution in [3.63, 3.8) is 0 Å². The average molecular weight is 254 g/mol. The molecule has 0 saturated carbocycles. The molecule has 2 heterocycles. The minimum Gasteiger partial charge on any atom is -0.345 e. The van der Waals surface area contributed by atoms with Gasteiger partial charge in [0.25, 0.3) is 5.89 Å². The van der Waals surface area contributed by atoms with Crippen LogP contribution in [-0.2, 0) is 9.47 Å². The molecule has 0 aliphatic heterocycles. The lowest BCUT2D eigenvalue weighted by Crippen LogP contribution is -2.09. The Labute approximate surface area is 103 Å². The Bertz CT molecular complexity index is 435. The Hall–Kier alpha value is -1.24. The lowest BCUT2D eigenvalue weighted by atomic mass is 10.4. The zero-order valence-corrected chi connectivity index (χ0v) is 10.6. The monoisotopic (exact) mass is 254 g/mol. The first-order valence-corrected chi connectivity index (χ1v) is 6.33. The van der Waals surface area contributed by atoms with Gasteiger partial charge in [0.2, 0.25) is 12.1 Å². The van der Waals surface area contributed by atoms with Crippen molar-refractivity contribution in [3.05, 3.63) is 23.4 Å². The second-order valence-electron chi connectivity index (χ2n) is 3.18. The first-order chi connectivity index (χ1) is 8.35. The number of ether oxygens (including phenoxy) is 2. The normalized spacial score (nSPS) is 11.2. The zero-order chi connectivity index (χ0) is 12.1. The van der Waals surface area contributed by atoms with Crippen molar-refractivity contribution in [2.24, 2.45) is 0 Å². The largest absolute Gasteiger partial charge is 0.345 e. The summed E-state index contributed by atoms with van der Waals surface area (Å²) < 4.78 is 15.9. The van der Waals surface area contributed by atoms with E-state index in [-0.39, 0.29) is 0 Å². The molecule has 2 rings (SSSR count). The molecule has 0 aromatic carbocycles. The summed E-state index contributed by atoms with van der Waals surface area (Å²) in [6, 6.07) is 3.88. The van der Waals surface area contributed by atoms with E-state index in [1.54, 1.807) is 11.3 Å². The molecule has 2 aromatic rings. The van der Waals surface area contributed by atoms with Crippen LogP contribution in [0.5, 0.6) is 0 Å². The molecule has 0 aliphatic carbocycles. The van der Waals surface area contributed by atoms with Crippen molar-refractivity contribution < 1.29 is 14.0 Å². The van der Waals surface area contributed by atoms with E-state index >= 15 is 0 Å². The fourth-order valence-electron chi connectivity index (χ4n) is 1.33. The molecule has 2 aromatic heterocycles. The number of rotatable bonds is 6. The summed E-state index contributed by atoms with van der Waals surface area (Å²) in [6.07, 6.45) is -0.578. The summed E-state index contributed by atoms with van der Waals surface area (Å²) in [6.45, 7) is 4.84. The molecule has 0 fully saturated rings. The topological polar surface area (TPSA) is 57.4 Å². The maximum atomic E-state index is 5.38. The van der Waals surface area contributed by atoms with Gasteiger partial charge in [0, 0.05) is 13.2 Å². The van der Waals surface area contributed by atoms with E-state index < -0.39 is 6.29 Å². The number of hydrogen-bond acceptors (Lipinski definition) is 6. The van der Waals surface area contributed by atoms with E-state index in [2.05, 4.69) is 10.1 Å². The first kappa shape index (κ1) is 12.2. The smallest absolute Gasteiger partial charge is 0.283 e. The van der Waals surface area contributed by atoms with Crippen LogP contribution in [0.15, 0.2) is 22.0 Å². The molecule has 0 spiro atoms. The van der Waals surface area contributed by atoms with Crippen LogP contribution in [0.4, 0.5) is 0 Å². The van der Waals surface area contributed by atoms with Gasteiger partial charge in [-0.1, -0.05) is 11.2 Å². The average Bonchev–Trinajstić information content (AvgIpc) is 2.99. The highest BCUT2D eigenvalue weighted by molar-refractivity contribution is 7.13. The van der Waals surface area contributed by atoms with Crippen LogP contribution < -0.4 is 0 Å². The molecule has 0 atom stereocenters. The van der Waals surface area contributed by atoms with Crippen LogP contribution in [0.1, 0.15) is 26.0 Å². The molecule has 0 aliphatic rings. The van der Waals surface area contributed by atoms with Crippen LogP contribution in [-0.4, -0.2) is 23.4 Å². The van der Waals surface area contributed by atoms with Crippen molar-refractivity contribution in [3.8, 4) is 10.7 Å². The number of nitrogens with zero attached hydrogens (tertiary/aromatic N) is 2. The van der Waals surface area contributed by atoms with E-state index in [0.717, 1.165) is 4.88 Å². The number of thiophene rings is 1. The van der Waals surface area contributed by atoms with E-state index in [0.29, 0.717) is 24.9 Å². The lowest BCUT2D eigenvalue weighted by molar-refractivity contribution is -0.155. The molecular weight excluding hydrogens is 240 g/mol. The van der Waals surface area contributed by atoms with E-state index in [4.69, 9.17) is 14.0 Å². The molecule has 0 saturated heterocycles. The van der Waals surface area contributed by atoms with Gasteiger partial charge in [-0.15, -0.1) is 11.3 Å². The van der Waals surface area contributed by atoms with Crippen LogP contribution in [0.25, 0.3) is 10.7 Å². The molecular formula is C11H14N2O3S. The summed E-state index contributed by atoms with van der Waals surface area (Å²) in [5.74, 6) is 0.927. The Morgan fingerprint density at radius 2 is 2.12 bits per heavy atom. The van der Waals surface area contributed by atoms with Crippen LogP contribution in [0.3, 0.4) is 0 Å². The number of hydrogen-bond donors (Lipinski definition) is 0. The molecule has 0 unspecified atom stereocenters. The van der Waals surface area contributed by atoms with Crippen LogP contribution in [0, 0.1) is 0 Å². The molecule has 92 valence electrons. The molecule has 0 bridgehead atoms. The Kier molecular flexibility index (Phi) is 4.24. The summed E-state index contributed by atoms with van der Waals surface area (Å²) in [5, 5.41) is 5.87. The SMILES string of the molecule is CCOC(OCC)c1nc(-c2cccs2)no1. The van der Waals surface area contributed by atoms with Gasteiger partial charge in [-0.2, -0.15) is 4.98 Å². The Balaban J connectivity index is 2.15. The van der Waals surface area contributed by atoms with Gasteiger partial charge < -0.3 is 14.0 Å². The van der Waals surface area contributed by atoms with E-state index in [9.17, 15) is 0 Å². The summed E-state index contributed by atoms with van der Waals surface area (Å²) >= 11 is 1.56. The van der Waals surface area contributed by atoms with E-state index in [1.807, 2.05) is 31.4 Å². The van der Waals surface area contributed by atoms with Crippen LogP contribution >= 0.6 is 11.3 Å². The fourth-order valence-corrected chi connectivity index (χ4v) is 1.98. The fraction of sp³-hybridized carbons (Fsp3) is 0.455. The summed E-state index contributed by atoms with van der Waals surface area (Å²) in [5.41, 5.74) is 0. The summed E-state index contributed by atoms with van der Waals surface area (Å²) in [4.78, 5) is 5.24. The van der Waals surface area contributed by atoms with Gasteiger partial charge in [-0.05, 0) is 25.3 Å². The van der Waals surface area contributed by atoms with Crippen molar-refractivity contribution in [1.82, 2.24) is 10.1 Å². The minimum absolute atomic E-state index is 0.358. The van der Waals surface area contributed by atoms with Crippen molar-refractivity contribution >= 4 is 11.3 Å². The Morgan fingerprint density at radius 3 is 2.71 bits per heavy atom. The van der Waals surface area contributed by atoms with Gasteiger partial charge in [0.05, 0.1) is 4.88 Å². The zero-order valence-electron chi connectivity index (χ0n) is 9.75. The molecule has 17 heavy (non-hydrogen) atoms. The number of aromatic nitrogens is 2. The van der Waals surface area contributed by atoms with Gasteiger partial charge in [0.1, 0.15) is 0 Å². The second-order valence-corrected chi connectivity index (χ2v) is 4.12. The highest BCUT2D eigenvalue weighted by Crippen LogP contribution is 2.24. The maximum Gasteiger partial charge on any atom is 0.283 e. The molecule has 5 nitrogen and oxygen atoms in total. The highest BCUT2D eigenvalue weighted by Gasteiger charge is 2.20.